The molecule has 0 spiro atoms. The van der Waals surface area contributed by atoms with Crippen molar-refractivity contribution in [3.05, 3.63) is 40.7 Å². The van der Waals surface area contributed by atoms with Crippen molar-refractivity contribution < 1.29 is 0 Å². The van der Waals surface area contributed by atoms with Crippen LogP contribution < -0.4 is 0 Å². The molecule has 0 aliphatic heterocycles. The first-order chi connectivity index (χ1) is 5.11. The summed E-state index contributed by atoms with van der Waals surface area (Å²) in [7, 11) is 0. The van der Waals surface area contributed by atoms with E-state index in [0.29, 0.717) is 5.92 Å². The third kappa shape index (κ3) is 2.00. The summed E-state index contributed by atoms with van der Waals surface area (Å²) < 4.78 is 1.10. The van der Waals surface area contributed by atoms with Crippen molar-refractivity contribution in [1.82, 2.24) is 0 Å². The Morgan fingerprint density at radius 2 is 2.00 bits per heavy atom. The van der Waals surface area contributed by atoms with Crippen molar-refractivity contribution in [2.75, 3.05) is 0 Å². The molecule has 1 aromatic rings. The van der Waals surface area contributed by atoms with Crippen LogP contribution in [0.1, 0.15) is 30.9 Å². The van der Waals surface area contributed by atoms with Crippen molar-refractivity contribution in [1.29, 1.82) is 0 Å². The molecule has 0 heterocycles. The predicted molar refractivity (Wildman–Crippen MR) is 52.7 cm³/mol. The highest BCUT2D eigenvalue weighted by molar-refractivity contribution is 9.10. The van der Waals surface area contributed by atoms with Crippen LogP contribution in [-0.2, 0) is 0 Å². The minimum absolute atomic E-state index is 0.565. The van der Waals surface area contributed by atoms with Gasteiger partial charge in [-0.05, 0) is 4.47 Å². The normalized spacial score (nSPS) is 10.5. The SMILES string of the molecule is [CH2-]c1cc(Br)ccc1C(C)C. The molecule has 0 saturated carbocycles. The van der Waals surface area contributed by atoms with E-state index in [-0.39, 0.29) is 0 Å². The Balaban J connectivity index is 3.09. The van der Waals surface area contributed by atoms with Gasteiger partial charge in [0, 0.05) is 0 Å². The Hall–Kier alpha value is -0.430. The zero-order chi connectivity index (χ0) is 8.43. The molecule has 0 aliphatic rings. The van der Waals surface area contributed by atoms with Crippen LogP contribution in [0.5, 0.6) is 0 Å². The molecule has 0 saturated heterocycles. The molecule has 11 heavy (non-hydrogen) atoms. The molecule has 0 fully saturated rings. The zero-order valence-electron chi connectivity index (χ0n) is 6.89. The summed E-state index contributed by atoms with van der Waals surface area (Å²) in [4.78, 5) is 0. The van der Waals surface area contributed by atoms with Crippen molar-refractivity contribution in [2.45, 2.75) is 19.8 Å². The fourth-order valence-electron chi connectivity index (χ4n) is 1.14. The minimum Gasteiger partial charge on any atom is -0.198 e. The largest absolute Gasteiger partial charge is 0.198 e. The molecule has 0 aromatic heterocycles. The van der Waals surface area contributed by atoms with Crippen LogP contribution in [-0.4, -0.2) is 0 Å². The molecule has 0 bridgehead atoms. The lowest BCUT2D eigenvalue weighted by Gasteiger charge is -2.17. The molecular formula is C10H12Br-. The molecule has 0 N–H and O–H groups in total. The highest BCUT2D eigenvalue weighted by atomic mass is 79.9. The predicted octanol–water partition coefficient (Wildman–Crippen LogP) is 3.75. The Kier molecular flexibility index (Phi) is 2.61. The summed E-state index contributed by atoms with van der Waals surface area (Å²) in [6.07, 6.45) is 0. The molecule has 1 rings (SSSR count). The Bertz CT molecular complexity index is 251. The molecule has 0 nitrogen and oxygen atoms in total. The lowest BCUT2D eigenvalue weighted by Crippen LogP contribution is -1.90. The van der Waals surface area contributed by atoms with E-state index in [1.54, 1.807) is 0 Å². The second-order valence-corrected chi connectivity index (χ2v) is 3.91. The van der Waals surface area contributed by atoms with Crippen molar-refractivity contribution in [3.63, 3.8) is 0 Å². The first-order valence-electron chi connectivity index (χ1n) is 3.72. The summed E-state index contributed by atoms with van der Waals surface area (Å²) >= 11 is 3.41. The second kappa shape index (κ2) is 3.31. The maximum Gasteiger partial charge on any atom is -0.0381 e. The van der Waals surface area contributed by atoms with Crippen molar-refractivity contribution >= 4 is 15.9 Å². The van der Waals surface area contributed by atoms with E-state index in [1.165, 1.54) is 5.56 Å². The van der Waals surface area contributed by atoms with E-state index in [1.807, 2.05) is 0 Å². The number of rotatable bonds is 1. The zero-order valence-corrected chi connectivity index (χ0v) is 8.48. The van der Waals surface area contributed by atoms with Crippen LogP contribution in [0.15, 0.2) is 22.7 Å². The number of halogens is 1. The first kappa shape index (κ1) is 8.66. The molecule has 60 valence electrons. The van der Waals surface area contributed by atoms with E-state index in [0.717, 1.165) is 10.0 Å². The van der Waals surface area contributed by atoms with Crippen molar-refractivity contribution in [3.8, 4) is 0 Å². The van der Waals surface area contributed by atoms with Crippen LogP contribution in [0.3, 0.4) is 0 Å². The maximum absolute atomic E-state index is 3.97. The van der Waals surface area contributed by atoms with E-state index in [4.69, 9.17) is 0 Å². The topological polar surface area (TPSA) is 0 Å². The standard InChI is InChI=1S/C10H12Br/c1-7(2)10-5-4-9(11)6-8(10)3/h4-7H,3H2,1-2H3/q-1. The van der Waals surface area contributed by atoms with Gasteiger partial charge >= 0.3 is 0 Å². The third-order valence-electron chi connectivity index (χ3n) is 1.73. The second-order valence-electron chi connectivity index (χ2n) is 3.00. The van der Waals surface area contributed by atoms with Crippen LogP contribution in [0.2, 0.25) is 0 Å². The smallest absolute Gasteiger partial charge is 0.0381 e. The van der Waals surface area contributed by atoms with Crippen LogP contribution >= 0.6 is 15.9 Å². The molecule has 1 aromatic carbocycles. The molecule has 0 atom stereocenters. The quantitative estimate of drug-likeness (QED) is 0.622. The van der Waals surface area contributed by atoms with Gasteiger partial charge in [0.15, 0.2) is 0 Å². The highest BCUT2D eigenvalue weighted by Gasteiger charge is 1.94. The maximum atomic E-state index is 3.97. The molecule has 0 aliphatic carbocycles. The van der Waals surface area contributed by atoms with E-state index >= 15 is 0 Å². The summed E-state index contributed by atoms with van der Waals surface area (Å²) in [6, 6.07) is 6.23. The summed E-state index contributed by atoms with van der Waals surface area (Å²) in [5.41, 5.74) is 2.45. The first-order valence-corrected chi connectivity index (χ1v) is 4.52. The molecular weight excluding hydrogens is 200 g/mol. The fraction of sp³-hybridized carbons (Fsp3) is 0.300. The Morgan fingerprint density at radius 1 is 1.36 bits per heavy atom. The fourth-order valence-corrected chi connectivity index (χ4v) is 1.55. The lowest BCUT2D eigenvalue weighted by molar-refractivity contribution is 0.861. The van der Waals surface area contributed by atoms with E-state index in [2.05, 4.69) is 54.9 Å². The Morgan fingerprint density at radius 3 is 2.45 bits per heavy atom. The summed E-state index contributed by atoms with van der Waals surface area (Å²) in [5.74, 6) is 0.565. The average molecular weight is 212 g/mol. The summed E-state index contributed by atoms with van der Waals surface area (Å²) in [5, 5.41) is 0. The van der Waals surface area contributed by atoms with Crippen LogP contribution in [0, 0.1) is 6.92 Å². The third-order valence-corrected chi connectivity index (χ3v) is 2.22. The van der Waals surface area contributed by atoms with Gasteiger partial charge < -0.3 is 0 Å². The monoisotopic (exact) mass is 211 g/mol. The molecule has 0 radical (unpaired) electrons. The highest BCUT2D eigenvalue weighted by Crippen LogP contribution is 2.22. The lowest BCUT2D eigenvalue weighted by atomic mass is 9.99. The number of benzene rings is 1. The van der Waals surface area contributed by atoms with Gasteiger partial charge in [-0.3, -0.25) is 0 Å². The van der Waals surface area contributed by atoms with Gasteiger partial charge in [0.1, 0.15) is 0 Å². The minimum atomic E-state index is 0.565. The van der Waals surface area contributed by atoms with Gasteiger partial charge in [-0.25, -0.2) is 0 Å². The molecule has 0 amide bonds. The summed E-state index contributed by atoms with van der Waals surface area (Å²) in [6.45, 7) is 8.33. The van der Waals surface area contributed by atoms with E-state index < -0.39 is 0 Å². The molecule has 0 unspecified atom stereocenters. The van der Waals surface area contributed by atoms with Gasteiger partial charge in [0.2, 0.25) is 0 Å². The van der Waals surface area contributed by atoms with Crippen molar-refractivity contribution in [2.24, 2.45) is 0 Å². The number of hydrogen-bond donors (Lipinski definition) is 0. The number of hydrogen-bond acceptors (Lipinski definition) is 0. The Labute approximate surface area is 76.8 Å². The van der Waals surface area contributed by atoms with Gasteiger partial charge in [0.05, 0.1) is 0 Å². The van der Waals surface area contributed by atoms with Gasteiger partial charge in [-0.2, -0.15) is 12.5 Å². The van der Waals surface area contributed by atoms with Gasteiger partial charge in [0.25, 0.3) is 0 Å². The molecule has 1 heteroatoms. The van der Waals surface area contributed by atoms with E-state index in [9.17, 15) is 0 Å². The van der Waals surface area contributed by atoms with Gasteiger partial charge in [-0.15, -0.1) is 17.7 Å². The van der Waals surface area contributed by atoms with Crippen LogP contribution in [0.25, 0.3) is 0 Å². The van der Waals surface area contributed by atoms with Gasteiger partial charge in [-0.1, -0.05) is 41.8 Å². The van der Waals surface area contributed by atoms with Crippen LogP contribution in [0.4, 0.5) is 0 Å². The average Bonchev–Trinajstić information content (AvgIpc) is 1.85.